The number of hydrogen-bond donors (Lipinski definition) is 0. The van der Waals surface area contributed by atoms with Gasteiger partial charge in [0.1, 0.15) is 5.01 Å². The Morgan fingerprint density at radius 1 is 1.46 bits per heavy atom. The lowest BCUT2D eigenvalue weighted by Gasteiger charge is -1.80. The van der Waals surface area contributed by atoms with E-state index >= 15 is 0 Å². The molecule has 2 nitrogen and oxygen atoms in total. The van der Waals surface area contributed by atoms with E-state index in [4.69, 9.17) is 0 Å². The Morgan fingerprint density at radius 3 is 3.08 bits per heavy atom. The van der Waals surface area contributed by atoms with Crippen LogP contribution < -0.4 is 0 Å². The predicted molar refractivity (Wildman–Crippen MR) is 57.8 cm³/mol. The van der Waals surface area contributed by atoms with Crippen molar-refractivity contribution in [3.63, 3.8) is 0 Å². The molecule has 0 saturated carbocycles. The molecule has 2 rings (SSSR count). The highest BCUT2D eigenvalue weighted by Crippen LogP contribution is 2.19. The SMILES string of the molecule is CCN=Cc1nc2ccccc2s1. The van der Waals surface area contributed by atoms with Crippen LogP contribution in [0, 0.1) is 0 Å². The first-order valence-corrected chi connectivity index (χ1v) is 5.07. The third-order valence-electron chi connectivity index (χ3n) is 1.69. The third kappa shape index (κ3) is 1.75. The minimum absolute atomic E-state index is 0.815. The molecule has 2 aromatic rings. The van der Waals surface area contributed by atoms with Gasteiger partial charge in [0.15, 0.2) is 0 Å². The molecule has 0 unspecified atom stereocenters. The van der Waals surface area contributed by atoms with Crippen LogP contribution in [0.3, 0.4) is 0 Å². The first kappa shape index (κ1) is 8.38. The van der Waals surface area contributed by atoms with Gasteiger partial charge in [-0.15, -0.1) is 11.3 Å². The van der Waals surface area contributed by atoms with Gasteiger partial charge >= 0.3 is 0 Å². The molecule has 0 aliphatic heterocycles. The average Bonchev–Trinajstić information content (AvgIpc) is 2.57. The highest BCUT2D eigenvalue weighted by Gasteiger charge is 1.98. The molecule has 13 heavy (non-hydrogen) atoms. The van der Waals surface area contributed by atoms with Crippen LogP contribution in [0.25, 0.3) is 10.2 Å². The molecular weight excluding hydrogens is 180 g/mol. The van der Waals surface area contributed by atoms with Crippen LogP contribution in [0.15, 0.2) is 29.3 Å². The fraction of sp³-hybridized carbons (Fsp3) is 0.200. The molecule has 0 fully saturated rings. The standard InChI is InChI=1S/C10H10N2S/c1-2-11-7-10-12-8-5-3-4-6-9(8)13-10/h3-7H,2H2,1H3. The van der Waals surface area contributed by atoms with Gasteiger partial charge in [-0.25, -0.2) is 4.98 Å². The summed E-state index contributed by atoms with van der Waals surface area (Å²) < 4.78 is 1.22. The molecule has 66 valence electrons. The minimum Gasteiger partial charge on any atom is -0.290 e. The molecule has 1 heterocycles. The van der Waals surface area contributed by atoms with E-state index < -0.39 is 0 Å². The number of aromatic nitrogens is 1. The smallest absolute Gasteiger partial charge is 0.135 e. The van der Waals surface area contributed by atoms with Gasteiger partial charge in [-0.1, -0.05) is 12.1 Å². The molecule has 0 saturated heterocycles. The van der Waals surface area contributed by atoms with Gasteiger partial charge < -0.3 is 0 Å². The van der Waals surface area contributed by atoms with Gasteiger partial charge in [-0.2, -0.15) is 0 Å². The van der Waals surface area contributed by atoms with Crippen molar-refractivity contribution >= 4 is 27.8 Å². The van der Waals surface area contributed by atoms with Gasteiger partial charge in [-0.3, -0.25) is 4.99 Å². The lowest BCUT2D eigenvalue weighted by molar-refractivity contribution is 1.14. The normalized spacial score (nSPS) is 11.5. The molecule has 0 atom stereocenters. The summed E-state index contributed by atoms with van der Waals surface area (Å²) in [6, 6.07) is 8.13. The Bertz CT molecular complexity index is 398. The second-order valence-corrected chi connectivity index (χ2v) is 3.71. The zero-order chi connectivity index (χ0) is 9.10. The van der Waals surface area contributed by atoms with Crippen molar-refractivity contribution in [2.75, 3.05) is 6.54 Å². The molecule has 0 bridgehead atoms. The second kappa shape index (κ2) is 3.66. The van der Waals surface area contributed by atoms with Crippen LogP contribution in [0.4, 0.5) is 0 Å². The van der Waals surface area contributed by atoms with Gasteiger partial charge in [0.2, 0.25) is 0 Å². The van der Waals surface area contributed by atoms with Crippen LogP contribution in [-0.2, 0) is 0 Å². The van der Waals surface area contributed by atoms with Crippen LogP contribution in [0.5, 0.6) is 0 Å². The van der Waals surface area contributed by atoms with Gasteiger partial charge in [0.05, 0.1) is 16.4 Å². The molecule has 0 aliphatic rings. The number of thiazole rings is 1. The van der Waals surface area contributed by atoms with E-state index in [0.29, 0.717) is 0 Å². The Kier molecular flexibility index (Phi) is 2.36. The van der Waals surface area contributed by atoms with Crippen LogP contribution in [-0.4, -0.2) is 17.7 Å². The zero-order valence-corrected chi connectivity index (χ0v) is 8.21. The van der Waals surface area contributed by atoms with Crippen molar-refractivity contribution < 1.29 is 0 Å². The summed E-state index contributed by atoms with van der Waals surface area (Å²) in [4.78, 5) is 8.58. The predicted octanol–water partition coefficient (Wildman–Crippen LogP) is 2.74. The van der Waals surface area contributed by atoms with E-state index in [1.54, 1.807) is 11.3 Å². The summed E-state index contributed by atoms with van der Waals surface area (Å²) in [6.45, 7) is 2.83. The lowest BCUT2D eigenvalue weighted by atomic mass is 10.3. The molecule has 1 aromatic carbocycles. The molecule has 0 amide bonds. The number of rotatable bonds is 2. The van der Waals surface area contributed by atoms with E-state index in [0.717, 1.165) is 17.1 Å². The highest BCUT2D eigenvalue weighted by molar-refractivity contribution is 7.20. The fourth-order valence-corrected chi connectivity index (χ4v) is 1.98. The van der Waals surface area contributed by atoms with Crippen molar-refractivity contribution in [1.82, 2.24) is 4.98 Å². The van der Waals surface area contributed by atoms with Crippen LogP contribution in [0.2, 0.25) is 0 Å². The van der Waals surface area contributed by atoms with E-state index in [1.807, 2.05) is 31.3 Å². The van der Waals surface area contributed by atoms with Crippen molar-refractivity contribution in [2.45, 2.75) is 6.92 Å². The largest absolute Gasteiger partial charge is 0.290 e. The Morgan fingerprint density at radius 2 is 2.31 bits per heavy atom. The van der Waals surface area contributed by atoms with E-state index in [9.17, 15) is 0 Å². The third-order valence-corrected chi connectivity index (χ3v) is 2.67. The van der Waals surface area contributed by atoms with Gasteiger partial charge in [0, 0.05) is 6.54 Å². The number of aliphatic imine (C=N–C) groups is 1. The first-order valence-electron chi connectivity index (χ1n) is 4.25. The maximum Gasteiger partial charge on any atom is 0.135 e. The maximum absolute atomic E-state index is 4.42. The number of hydrogen-bond acceptors (Lipinski definition) is 3. The molecule has 0 aliphatic carbocycles. The lowest BCUT2D eigenvalue weighted by Crippen LogP contribution is -1.78. The van der Waals surface area contributed by atoms with Gasteiger partial charge in [-0.05, 0) is 19.1 Å². The molecule has 1 aromatic heterocycles. The number of para-hydroxylation sites is 1. The zero-order valence-electron chi connectivity index (χ0n) is 7.40. The summed E-state index contributed by atoms with van der Waals surface area (Å²) in [5.74, 6) is 0. The quantitative estimate of drug-likeness (QED) is 0.668. The first-order chi connectivity index (χ1) is 6.40. The monoisotopic (exact) mass is 190 g/mol. The highest BCUT2D eigenvalue weighted by atomic mass is 32.1. The summed E-state index contributed by atoms with van der Waals surface area (Å²) in [6.07, 6.45) is 1.84. The molecular formula is C10H10N2S. The van der Waals surface area contributed by atoms with E-state index in [-0.39, 0.29) is 0 Å². The Balaban J connectivity index is 2.44. The number of benzene rings is 1. The van der Waals surface area contributed by atoms with Crippen molar-refractivity contribution in [2.24, 2.45) is 4.99 Å². The van der Waals surface area contributed by atoms with E-state index in [1.165, 1.54) is 4.70 Å². The molecule has 0 N–H and O–H groups in total. The summed E-state index contributed by atoms with van der Waals surface area (Å²) in [5.41, 5.74) is 1.06. The second-order valence-electron chi connectivity index (χ2n) is 2.65. The average molecular weight is 190 g/mol. The van der Waals surface area contributed by atoms with Crippen LogP contribution >= 0.6 is 11.3 Å². The summed E-state index contributed by atoms with van der Waals surface area (Å²) >= 11 is 1.68. The molecule has 0 radical (unpaired) electrons. The Hall–Kier alpha value is -1.22. The molecule has 3 heteroatoms. The number of fused-ring (bicyclic) bond motifs is 1. The van der Waals surface area contributed by atoms with Crippen LogP contribution in [0.1, 0.15) is 11.9 Å². The maximum atomic E-state index is 4.42. The van der Waals surface area contributed by atoms with Crippen molar-refractivity contribution in [3.8, 4) is 0 Å². The topological polar surface area (TPSA) is 25.2 Å². The van der Waals surface area contributed by atoms with Crippen molar-refractivity contribution in [1.29, 1.82) is 0 Å². The molecule has 0 spiro atoms. The minimum atomic E-state index is 0.815. The number of nitrogens with zero attached hydrogens (tertiary/aromatic N) is 2. The Labute approximate surface area is 81.0 Å². The van der Waals surface area contributed by atoms with Gasteiger partial charge in [0.25, 0.3) is 0 Å². The summed E-state index contributed by atoms with van der Waals surface area (Å²) in [5, 5.41) is 0.989. The van der Waals surface area contributed by atoms with E-state index in [2.05, 4.69) is 16.0 Å². The summed E-state index contributed by atoms with van der Waals surface area (Å²) in [7, 11) is 0. The van der Waals surface area contributed by atoms with Crippen molar-refractivity contribution in [3.05, 3.63) is 29.3 Å². The fourth-order valence-electron chi connectivity index (χ4n) is 1.11.